The van der Waals surface area contributed by atoms with Gasteiger partial charge in [-0.15, -0.1) is 0 Å². The van der Waals surface area contributed by atoms with Crippen molar-refractivity contribution in [2.75, 3.05) is 13.7 Å². The van der Waals surface area contributed by atoms with Crippen LogP contribution >= 0.6 is 0 Å². The second-order valence-corrected chi connectivity index (χ2v) is 7.06. The second-order valence-electron chi connectivity index (χ2n) is 7.06. The predicted octanol–water partition coefficient (Wildman–Crippen LogP) is 6.06. The maximum atomic E-state index is 11.3. The Bertz CT molecular complexity index is 266. The molecule has 0 rings (SSSR count). The van der Waals surface area contributed by atoms with Crippen molar-refractivity contribution >= 4 is 5.97 Å². The lowest BCUT2D eigenvalue weighted by Crippen LogP contribution is -2.24. The summed E-state index contributed by atoms with van der Waals surface area (Å²) >= 11 is 0. The largest absolute Gasteiger partial charge is 0.481 e. The van der Waals surface area contributed by atoms with E-state index in [4.69, 9.17) is 4.74 Å². The maximum Gasteiger partial charge on any atom is 0.306 e. The molecule has 0 aliphatic heterocycles. The molecule has 0 bridgehead atoms. The molecule has 0 fully saturated rings. The van der Waals surface area contributed by atoms with Gasteiger partial charge in [0.2, 0.25) is 0 Å². The van der Waals surface area contributed by atoms with E-state index in [0.717, 1.165) is 12.8 Å². The molecular weight excluding hydrogens is 288 g/mol. The highest BCUT2D eigenvalue weighted by molar-refractivity contribution is 5.70. The van der Waals surface area contributed by atoms with E-state index in [-0.39, 0.29) is 11.8 Å². The molecule has 0 radical (unpaired) electrons. The first-order valence-corrected chi connectivity index (χ1v) is 9.85. The number of aliphatic carboxylic acids is 1. The van der Waals surface area contributed by atoms with Crippen LogP contribution < -0.4 is 0 Å². The number of hydrogen-bond acceptors (Lipinski definition) is 2. The van der Waals surface area contributed by atoms with Gasteiger partial charge in [-0.2, -0.15) is 0 Å². The summed E-state index contributed by atoms with van der Waals surface area (Å²) in [6.45, 7) is 4.77. The van der Waals surface area contributed by atoms with Crippen LogP contribution in [0.15, 0.2) is 0 Å². The fraction of sp³-hybridized carbons (Fsp3) is 0.950. The van der Waals surface area contributed by atoms with Crippen molar-refractivity contribution in [3.63, 3.8) is 0 Å². The summed E-state index contributed by atoms with van der Waals surface area (Å²) in [6.07, 6.45) is 16.6. The molecule has 2 unspecified atom stereocenters. The summed E-state index contributed by atoms with van der Waals surface area (Å²) in [5.74, 6) is -0.819. The van der Waals surface area contributed by atoms with Crippen molar-refractivity contribution in [3.8, 4) is 0 Å². The molecule has 0 aliphatic rings. The van der Waals surface area contributed by atoms with Crippen molar-refractivity contribution in [2.24, 2.45) is 11.8 Å². The van der Waals surface area contributed by atoms with Crippen LogP contribution in [0.25, 0.3) is 0 Å². The first kappa shape index (κ1) is 22.4. The zero-order valence-corrected chi connectivity index (χ0v) is 15.8. The van der Waals surface area contributed by atoms with Crippen LogP contribution in [-0.4, -0.2) is 24.8 Å². The zero-order valence-electron chi connectivity index (χ0n) is 15.8. The van der Waals surface area contributed by atoms with Crippen LogP contribution in [0.3, 0.4) is 0 Å². The number of methoxy groups -OCH3 is 1. The molecule has 3 heteroatoms. The smallest absolute Gasteiger partial charge is 0.306 e. The topological polar surface area (TPSA) is 46.5 Å². The predicted molar refractivity (Wildman–Crippen MR) is 97.9 cm³/mol. The number of rotatable bonds is 17. The lowest BCUT2D eigenvalue weighted by molar-refractivity contribution is -0.144. The standard InChI is InChI=1S/C20H40O3/c1-4-5-6-7-8-9-10-11-12-13-14-15-16-19(20(21)22)18(2)17-23-3/h18-19H,4-17H2,1-3H3,(H,21,22). The van der Waals surface area contributed by atoms with Crippen LogP contribution in [-0.2, 0) is 9.53 Å². The molecule has 0 aliphatic carbocycles. The third kappa shape index (κ3) is 13.6. The minimum Gasteiger partial charge on any atom is -0.481 e. The summed E-state index contributed by atoms with van der Waals surface area (Å²) < 4.78 is 5.08. The molecule has 0 amide bonds. The van der Waals surface area contributed by atoms with Crippen LogP contribution in [0.4, 0.5) is 0 Å². The minimum atomic E-state index is -0.669. The molecule has 138 valence electrons. The number of ether oxygens (including phenoxy) is 1. The van der Waals surface area contributed by atoms with Crippen molar-refractivity contribution in [3.05, 3.63) is 0 Å². The van der Waals surface area contributed by atoms with E-state index in [2.05, 4.69) is 6.92 Å². The molecule has 0 spiro atoms. The van der Waals surface area contributed by atoms with Crippen LogP contribution in [0.2, 0.25) is 0 Å². The summed E-state index contributed by atoms with van der Waals surface area (Å²) in [5.41, 5.74) is 0. The second kappa shape index (κ2) is 16.3. The monoisotopic (exact) mass is 328 g/mol. The Morgan fingerprint density at radius 3 is 1.70 bits per heavy atom. The molecule has 0 aromatic carbocycles. The highest BCUT2D eigenvalue weighted by atomic mass is 16.5. The number of carboxylic acid groups (broad SMARTS) is 1. The molecule has 3 nitrogen and oxygen atoms in total. The number of hydrogen-bond donors (Lipinski definition) is 1. The van der Waals surface area contributed by atoms with Gasteiger partial charge in [0.1, 0.15) is 0 Å². The van der Waals surface area contributed by atoms with E-state index >= 15 is 0 Å². The molecule has 1 N–H and O–H groups in total. The van der Waals surface area contributed by atoms with E-state index in [1.54, 1.807) is 7.11 Å². The number of unbranched alkanes of at least 4 members (excludes halogenated alkanes) is 11. The van der Waals surface area contributed by atoms with Crippen molar-refractivity contribution < 1.29 is 14.6 Å². The Kier molecular flexibility index (Phi) is 15.9. The van der Waals surface area contributed by atoms with E-state index in [1.165, 1.54) is 70.6 Å². The van der Waals surface area contributed by atoms with Gasteiger partial charge in [-0.05, 0) is 12.3 Å². The van der Waals surface area contributed by atoms with Gasteiger partial charge in [0.25, 0.3) is 0 Å². The third-order valence-corrected chi connectivity index (χ3v) is 4.80. The Balaban J connectivity index is 3.44. The molecule has 0 aromatic heterocycles. The third-order valence-electron chi connectivity index (χ3n) is 4.80. The Hall–Kier alpha value is -0.570. The van der Waals surface area contributed by atoms with Crippen LogP contribution in [0.1, 0.15) is 97.3 Å². The average molecular weight is 329 g/mol. The zero-order chi connectivity index (χ0) is 17.3. The van der Waals surface area contributed by atoms with Crippen molar-refractivity contribution in [2.45, 2.75) is 97.3 Å². The molecule has 0 saturated carbocycles. The summed E-state index contributed by atoms with van der Waals surface area (Å²) in [4.78, 5) is 11.3. The molecule has 23 heavy (non-hydrogen) atoms. The summed E-state index contributed by atoms with van der Waals surface area (Å²) in [5, 5.41) is 9.29. The highest BCUT2D eigenvalue weighted by Crippen LogP contribution is 2.21. The fourth-order valence-electron chi connectivity index (χ4n) is 3.24. The number of carboxylic acids is 1. The average Bonchev–Trinajstić information content (AvgIpc) is 2.51. The van der Waals surface area contributed by atoms with Gasteiger partial charge in [0.15, 0.2) is 0 Å². The number of carbonyl (C=O) groups is 1. The van der Waals surface area contributed by atoms with Gasteiger partial charge in [-0.1, -0.05) is 90.9 Å². The molecule has 2 atom stereocenters. The fourth-order valence-corrected chi connectivity index (χ4v) is 3.24. The highest BCUT2D eigenvalue weighted by Gasteiger charge is 2.23. The normalized spacial score (nSPS) is 13.9. The Morgan fingerprint density at radius 1 is 0.870 bits per heavy atom. The lowest BCUT2D eigenvalue weighted by atomic mass is 9.89. The molecule has 0 saturated heterocycles. The summed E-state index contributed by atoms with van der Waals surface area (Å²) in [6, 6.07) is 0. The SMILES string of the molecule is CCCCCCCCCCCCCCC(C(=O)O)C(C)COC. The maximum absolute atomic E-state index is 11.3. The van der Waals surface area contributed by atoms with Gasteiger partial charge in [0, 0.05) is 13.7 Å². The Labute approximate surface area is 144 Å². The first-order chi connectivity index (χ1) is 11.1. The van der Waals surface area contributed by atoms with Gasteiger partial charge < -0.3 is 9.84 Å². The van der Waals surface area contributed by atoms with E-state index in [9.17, 15) is 9.90 Å². The van der Waals surface area contributed by atoms with E-state index in [0.29, 0.717) is 6.61 Å². The molecule has 0 heterocycles. The van der Waals surface area contributed by atoms with Crippen molar-refractivity contribution in [1.29, 1.82) is 0 Å². The van der Waals surface area contributed by atoms with Crippen LogP contribution in [0.5, 0.6) is 0 Å². The quantitative estimate of drug-likeness (QED) is 0.330. The molecular formula is C20H40O3. The Morgan fingerprint density at radius 2 is 1.30 bits per heavy atom. The van der Waals surface area contributed by atoms with E-state index < -0.39 is 5.97 Å². The molecule has 0 aromatic rings. The van der Waals surface area contributed by atoms with Crippen LogP contribution in [0, 0.1) is 11.8 Å². The van der Waals surface area contributed by atoms with Crippen molar-refractivity contribution in [1.82, 2.24) is 0 Å². The summed E-state index contributed by atoms with van der Waals surface area (Å²) in [7, 11) is 1.64. The van der Waals surface area contributed by atoms with Gasteiger partial charge in [0.05, 0.1) is 5.92 Å². The minimum absolute atomic E-state index is 0.102. The lowest BCUT2D eigenvalue weighted by Gasteiger charge is -2.19. The van der Waals surface area contributed by atoms with Gasteiger partial charge >= 0.3 is 5.97 Å². The van der Waals surface area contributed by atoms with Gasteiger partial charge in [-0.3, -0.25) is 4.79 Å². The van der Waals surface area contributed by atoms with E-state index in [1.807, 2.05) is 6.92 Å². The first-order valence-electron chi connectivity index (χ1n) is 9.85. The van der Waals surface area contributed by atoms with Gasteiger partial charge in [-0.25, -0.2) is 0 Å².